The second-order valence-electron chi connectivity index (χ2n) is 6.06. The molecule has 0 fully saturated rings. The van der Waals surface area contributed by atoms with E-state index in [1.165, 1.54) is 23.9 Å². The van der Waals surface area contributed by atoms with Crippen molar-refractivity contribution in [2.45, 2.75) is 30.8 Å². The standard InChI is InChI=1S/C19H19N5O3S/c1-2-23-17(10-13-6-4-3-5-7-13)21-22-19(23)28-12-15-9-8-14(18(20)25)11-16(15)24(26)27/h3-9,11H,2,10,12H2,1H3,(H2,20,25). The average molecular weight is 397 g/mol. The first-order valence-corrected chi connectivity index (χ1v) is 9.64. The minimum absolute atomic E-state index is 0.113. The maximum Gasteiger partial charge on any atom is 0.274 e. The van der Waals surface area contributed by atoms with Gasteiger partial charge in [-0.05, 0) is 18.6 Å². The average Bonchev–Trinajstić information content (AvgIpc) is 3.08. The van der Waals surface area contributed by atoms with Crippen LogP contribution in [0.3, 0.4) is 0 Å². The quantitative estimate of drug-likeness (QED) is 0.354. The van der Waals surface area contributed by atoms with Gasteiger partial charge in [0.05, 0.1) is 4.92 Å². The Bertz CT molecular complexity index is 1000. The first-order valence-electron chi connectivity index (χ1n) is 8.65. The highest BCUT2D eigenvalue weighted by Gasteiger charge is 2.18. The molecule has 9 heteroatoms. The molecule has 0 aliphatic rings. The van der Waals surface area contributed by atoms with Crippen LogP contribution in [0.1, 0.15) is 34.2 Å². The lowest BCUT2D eigenvalue weighted by molar-refractivity contribution is -0.385. The topological polar surface area (TPSA) is 117 Å². The van der Waals surface area contributed by atoms with Crippen LogP contribution in [0.2, 0.25) is 0 Å². The third-order valence-corrected chi connectivity index (χ3v) is 5.25. The van der Waals surface area contributed by atoms with Crippen molar-refractivity contribution < 1.29 is 9.72 Å². The van der Waals surface area contributed by atoms with E-state index in [1.807, 2.05) is 41.8 Å². The van der Waals surface area contributed by atoms with Gasteiger partial charge >= 0.3 is 0 Å². The summed E-state index contributed by atoms with van der Waals surface area (Å²) in [6.07, 6.45) is 0.662. The molecule has 28 heavy (non-hydrogen) atoms. The maximum absolute atomic E-state index is 11.3. The second-order valence-corrected chi connectivity index (χ2v) is 7.00. The van der Waals surface area contributed by atoms with E-state index in [1.54, 1.807) is 6.07 Å². The number of amides is 1. The van der Waals surface area contributed by atoms with E-state index in [-0.39, 0.29) is 11.3 Å². The maximum atomic E-state index is 11.3. The number of hydrogen-bond donors (Lipinski definition) is 1. The summed E-state index contributed by atoms with van der Waals surface area (Å²) in [5.41, 5.74) is 6.83. The van der Waals surface area contributed by atoms with Crippen LogP contribution in [0.4, 0.5) is 5.69 Å². The number of hydrogen-bond acceptors (Lipinski definition) is 6. The molecule has 0 saturated carbocycles. The molecule has 1 aromatic heterocycles. The summed E-state index contributed by atoms with van der Waals surface area (Å²) < 4.78 is 2.00. The number of nitro groups is 1. The molecule has 144 valence electrons. The van der Waals surface area contributed by atoms with Gasteiger partial charge in [-0.2, -0.15) is 0 Å². The highest BCUT2D eigenvalue weighted by atomic mass is 32.2. The molecule has 0 bridgehead atoms. The molecule has 0 aliphatic heterocycles. The van der Waals surface area contributed by atoms with E-state index in [0.29, 0.717) is 29.4 Å². The minimum Gasteiger partial charge on any atom is -0.366 e. The van der Waals surface area contributed by atoms with Crippen LogP contribution in [0, 0.1) is 10.1 Å². The summed E-state index contributed by atoms with van der Waals surface area (Å²) in [6.45, 7) is 2.70. The zero-order valence-electron chi connectivity index (χ0n) is 15.2. The fourth-order valence-corrected chi connectivity index (χ4v) is 3.82. The van der Waals surface area contributed by atoms with Crippen LogP contribution >= 0.6 is 11.8 Å². The van der Waals surface area contributed by atoms with Gasteiger partial charge in [0.1, 0.15) is 5.82 Å². The van der Waals surface area contributed by atoms with Gasteiger partial charge in [0.2, 0.25) is 5.91 Å². The number of primary amides is 1. The smallest absolute Gasteiger partial charge is 0.274 e. The molecule has 0 unspecified atom stereocenters. The lowest BCUT2D eigenvalue weighted by Crippen LogP contribution is -2.11. The molecule has 3 rings (SSSR count). The zero-order chi connectivity index (χ0) is 20.1. The highest BCUT2D eigenvalue weighted by molar-refractivity contribution is 7.98. The molecule has 0 atom stereocenters. The molecular weight excluding hydrogens is 378 g/mol. The van der Waals surface area contributed by atoms with Gasteiger partial charge in [0.15, 0.2) is 5.16 Å². The Morgan fingerprint density at radius 2 is 1.96 bits per heavy atom. The van der Waals surface area contributed by atoms with Crippen molar-refractivity contribution >= 4 is 23.4 Å². The Balaban J connectivity index is 1.80. The Kier molecular flexibility index (Phi) is 6.05. The first kappa shape index (κ1) is 19.6. The van der Waals surface area contributed by atoms with E-state index in [0.717, 1.165) is 11.4 Å². The Morgan fingerprint density at radius 1 is 1.21 bits per heavy atom. The summed E-state index contributed by atoms with van der Waals surface area (Å²) >= 11 is 1.37. The Morgan fingerprint density at radius 3 is 2.61 bits per heavy atom. The summed E-state index contributed by atoms with van der Waals surface area (Å²) in [5, 5.41) is 20.6. The van der Waals surface area contributed by atoms with Crippen molar-refractivity contribution in [1.29, 1.82) is 0 Å². The molecule has 2 N–H and O–H groups in total. The van der Waals surface area contributed by atoms with Crippen molar-refractivity contribution in [2.75, 3.05) is 0 Å². The van der Waals surface area contributed by atoms with E-state index < -0.39 is 10.8 Å². The van der Waals surface area contributed by atoms with Gasteiger partial charge in [0.25, 0.3) is 5.69 Å². The number of carbonyl (C=O) groups is 1. The van der Waals surface area contributed by atoms with Crippen LogP contribution in [-0.2, 0) is 18.7 Å². The molecule has 0 spiro atoms. The Labute approximate surface area is 165 Å². The molecule has 0 aliphatic carbocycles. The number of carbonyl (C=O) groups excluding carboxylic acids is 1. The van der Waals surface area contributed by atoms with E-state index >= 15 is 0 Å². The van der Waals surface area contributed by atoms with Gasteiger partial charge in [-0.25, -0.2) is 0 Å². The highest BCUT2D eigenvalue weighted by Crippen LogP contribution is 2.28. The van der Waals surface area contributed by atoms with Crippen molar-refractivity contribution in [3.8, 4) is 0 Å². The van der Waals surface area contributed by atoms with Crippen LogP contribution in [0.15, 0.2) is 53.7 Å². The van der Waals surface area contributed by atoms with Crippen molar-refractivity contribution in [3.63, 3.8) is 0 Å². The second kappa shape index (κ2) is 8.66. The predicted octanol–water partition coefficient (Wildman–Crippen LogP) is 3.19. The lowest BCUT2D eigenvalue weighted by atomic mass is 10.1. The van der Waals surface area contributed by atoms with Gasteiger partial charge in [0, 0.05) is 35.9 Å². The molecule has 1 amide bonds. The number of aromatic nitrogens is 3. The molecule has 0 saturated heterocycles. The van der Waals surface area contributed by atoms with E-state index in [2.05, 4.69) is 10.2 Å². The molecule has 0 radical (unpaired) electrons. The monoisotopic (exact) mass is 397 g/mol. The third-order valence-electron chi connectivity index (χ3n) is 4.24. The molecule has 3 aromatic rings. The fourth-order valence-electron chi connectivity index (χ4n) is 2.80. The number of nitrogens with two attached hydrogens (primary N) is 1. The number of rotatable bonds is 8. The van der Waals surface area contributed by atoms with Gasteiger partial charge in [-0.15, -0.1) is 10.2 Å². The molecular formula is C19H19N5O3S. The van der Waals surface area contributed by atoms with Gasteiger partial charge in [-0.1, -0.05) is 48.2 Å². The van der Waals surface area contributed by atoms with Crippen LogP contribution in [0.5, 0.6) is 0 Å². The number of nitrogens with zero attached hydrogens (tertiary/aromatic N) is 4. The zero-order valence-corrected chi connectivity index (χ0v) is 16.1. The number of thioether (sulfide) groups is 1. The van der Waals surface area contributed by atoms with Crippen molar-refractivity contribution in [1.82, 2.24) is 14.8 Å². The fraction of sp³-hybridized carbons (Fsp3) is 0.211. The SMILES string of the molecule is CCn1c(Cc2ccccc2)nnc1SCc1ccc(C(N)=O)cc1[N+](=O)[O-]. The minimum atomic E-state index is -0.696. The van der Waals surface area contributed by atoms with Crippen LogP contribution in [0.25, 0.3) is 0 Å². The molecule has 1 heterocycles. The lowest BCUT2D eigenvalue weighted by Gasteiger charge is -2.08. The molecule has 8 nitrogen and oxygen atoms in total. The Hall–Kier alpha value is -3.20. The van der Waals surface area contributed by atoms with Gasteiger partial charge < -0.3 is 10.3 Å². The van der Waals surface area contributed by atoms with Crippen molar-refractivity contribution in [3.05, 3.63) is 81.2 Å². The number of nitro benzene ring substituents is 1. The summed E-state index contributed by atoms with van der Waals surface area (Å²) in [4.78, 5) is 22.1. The van der Waals surface area contributed by atoms with E-state index in [4.69, 9.17) is 5.73 Å². The summed E-state index contributed by atoms with van der Waals surface area (Å²) in [5.74, 6) is 0.479. The van der Waals surface area contributed by atoms with E-state index in [9.17, 15) is 14.9 Å². The summed E-state index contributed by atoms with van der Waals surface area (Å²) in [7, 11) is 0. The summed E-state index contributed by atoms with van der Waals surface area (Å²) in [6, 6.07) is 14.3. The van der Waals surface area contributed by atoms with Crippen LogP contribution in [-0.4, -0.2) is 25.6 Å². The largest absolute Gasteiger partial charge is 0.366 e. The van der Waals surface area contributed by atoms with Crippen LogP contribution < -0.4 is 5.73 Å². The molecule has 2 aromatic carbocycles. The van der Waals surface area contributed by atoms with Gasteiger partial charge in [-0.3, -0.25) is 14.9 Å². The van der Waals surface area contributed by atoms with Crippen molar-refractivity contribution in [2.24, 2.45) is 5.73 Å². The first-order chi connectivity index (χ1) is 13.5. The predicted molar refractivity (Wildman–Crippen MR) is 106 cm³/mol. The number of benzene rings is 2. The third kappa shape index (κ3) is 4.37. The normalized spacial score (nSPS) is 10.8.